The average Bonchev–Trinajstić information content (AvgIpc) is 2.39. The molecule has 0 saturated carbocycles. The molecule has 2 heterocycles. The number of hydrogen-bond acceptors (Lipinski definition) is 3. The van der Waals surface area contributed by atoms with Crippen LogP contribution in [-0.2, 0) is 0 Å². The van der Waals surface area contributed by atoms with E-state index >= 15 is 0 Å². The van der Waals surface area contributed by atoms with Gasteiger partial charge in [-0.15, -0.1) is 0 Å². The van der Waals surface area contributed by atoms with E-state index in [1.54, 1.807) is 6.07 Å². The zero-order valence-corrected chi connectivity index (χ0v) is 10.6. The summed E-state index contributed by atoms with van der Waals surface area (Å²) < 4.78 is 5.90. The van der Waals surface area contributed by atoms with E-state index in [1.807, 2.05) is 24.3 Å². The van der Waals surface area contributed by atoms with Gasteiger partial charge in [0.15, 0.2) is 5.43 Å². The molecule has 0 bridgehead atoms. The molecule has 2 aromatic rings. The zero-order valence-electron chi connectivity index (χ0n) is 10.6. The van der Waals surface area contributed by atoms with Crippen molar-refractivity contribution in [3.63, 3.8) is 0 Å². The summed E-state index contributed by atoms with van der Waals surface area (Å²) in [4.78, 5) is 14.4. The van der Waals surface area contributed by atoms with Crippen molar-refractivity contribution in [2.45, 2.75) is 18.8 Å². The van der Waals surface area contributed by atoms with Crippen molar-refractivity contribution >= 4 is 11.0 Å². The van der Waals surface area contributed by atoms with Crippen LogP contribution in [0.3, 0.4) is 0 Å². The third-order valence-corrected chi connectivity index (χ3v) is 3.77. The van der Waals surface area contributed by atoms with Gasteiger partial charge in [0.25, 0.3) is 0 Å². The number of piperidine rings is 1. The largest absolute Gasteiger partial charge is 0.461 e. The Morgan fingerprint density at radius 3 is 2.72 bits per heavy atom. The smallest absolute Gasteiger partial charge is 0.192 e. The molecule has 1 aromatic heterocycles. The van der Waals surface area contributed by atoms with E-state index in [0.29, 0.717) is 16.9 Å². The fraction of sp³-hybridized carbons (Fsp3) is 0.400. The maximum atomic E-state index is 12.0. The molecule has 1 aliphatic heterocycles. The Labute approximate surface area is 106 Å². The van der Waals surface area contributed by atoms with Crippen molar-refractivity contribution in [3.05, 3.63) is 46.3 Å². The highest BCUT2D eigenvalue weighted by atomic mass is 16.3. The number of benzene rings is 1. The number of fused-ring (bicyclic) bond motifs is 1. The molecule has 1 saturated heterocycles. The summed E-state index contributed by atoms with van der Waals surface area (Å²) in [6.45, 7) is 2.14. The summed E-state index contributed by atoms with van der Waals surface area (Å²) in [5.74, 6) is 1.24. The summed E-state index contributed by atoms with van der Waals surface area (Å²) in [6, 6.07) is 9.14. The van der Waals surface area contributed by atoms with E-state index in [4.69, 9.17) is 4.42 Å². The van der Waals surface area contributed by atoms with Crippen LogP contribution in [0.4, 0.5) is 0 Å². The van der Waals surface area contributed by atoms with Crippen molar-refractivity contribution in [3.8, 4) is 0 Å². The summed E-state index contributed by atoms with van der Waals surface area (Å²) in [5.41, 5.74) is 0.782. The fourth-order valence-electron chi connectivity index (χ4n) is 2.62. The second-order valence-electron chi connectivity index (χ2n) is 5.09. The summed E-state index contributed by atoms with van der Waals surface area (Å²) in [5, 5.41) is 0.675. The predicted molar refractivity (Wildman–Crippen MR) is 72.0 cm³/mol. The highest BCUT2D eigenvalue weighted by Crippen LogP contribution is 2.28. The summed E-state index contributed by atoms with van der Waals surface area (Å²) in [6.07, 6.45) is 2.13. The Morgan fingerprint density at radius 1 is 1.22 bits per heavy atom. The van der Waals surface area contributed by atoms with E-state index in [0.717, 1.165) is 31.7 Å². The molecule has 1 aliphatic rings. The Balaban J connectivity index is 2.00. The van der Waals surface area contributed by atoms with Gasteiger partial charge in [-0.2, -0.15) is 0 Å². The lowest BCUT2D eigenvalue weighted by Gasteiger charge is -2.28. The predicted octanol–water partition coefficient (Wildman–Crippen LogP) is 2.60. The quantitative estimate of drug-likeness (QED) is 0.772. The maximum absolute atomic E-state index is 12.0. The van der Waals surface area contributed by atoms with Gasteiger partial charge in [0, 0.05) is 12.0 Å². The van der Waals surface area contributed by atoms with E-state index in [1.165, 1.54) is 0 Å². The van der Waals surface area contributed by atoms with Crippen LogP contribution in [0.2, 0.25) is 0 Å². The highest BCUT2D eigenvalue weighted by Gasteiger charge is 2.21. The van der Waals surface area contributed by atoms with Gasteiger partial charge >= 0.3 is 0 Å². The standard InChI is InChI=1S/C15H17NO2/c1-16-8-6-11(7-9-16)15-10-13(17)12-4-2-3-5-14(12)18-15/h2-5,10-11H,6-9H2,1H3. The molecule has 0 amide bonds. The topological polar surface area (TPSA) is 33.5 Å². The van der Waals surface area contributed by atoms with Gasteiger partial charge in [-0.1, -0.05) is 12.1 Å². The lowest BCUT2D eigenvalue weighted by Crippen LogP contribution is -2.29. The average molecular weight is 243 g/mol. The van der Waals surface area contributed by atoms with E-state index in [-0.39, 0.29) is 5.43 Å². The van der Waals surface area contributed by atoms with Gasteiger partial charge in [0.1, 0.15) is 11.3 Å². The van der Waals surface area contributed by atoms with Crippen molar-refractivity contribution in [2.24, 2.45) is 0 Å². The van der Waals surface area contributed by atoms with Crippen molar-refractivity contribution in [1.82, 2.24) is 4.90 Å². The Morgan fingerprint density at radius 2 is 1.94 bits per heavy atom. The van der Waals surface area contributed by atoms with Crippen LogP contribution >= 0.6 is 0 Å². The van der Waals surface area contributed by atoms with Crippen LogP contribution < -0.4 is 5.43 Å². The second-order valence-corrected chi connectivity index (χ2v) is 5.09. The van der Waals surface area contributed by atoms with Gasteiger partial charge in [-0.3, -0.25) is 4.79 Å². The van der Waals surface area contributed by atoms with Gasteiger partial charge in [0.05, 0.1) is 5.39 Å². The molecule has 3 rings (SSSR count). The first kappa shape index (κ1) is 11.5. The van der Waals surface area contributed by atoms with E-state index in [9.17, 15) is 4.79 Å². The minimum atomic E-state index is 0.0748. The van der Waals surface area contributed by atoms with Gasteiger partial charge in [-0.05, 0) is 45.1 Å². The van der Waals surface area contributed by atoms with Crippen molar-refractivity contribution in [2.75, 3.05) is 20.1 Å². The number of nitrogens with zero attached hydrogens (tertiary/aromatic N) is 1. The molecule has 0 spiro atoms. The molecule has 0 aliphatic carbocycles. The number of para-hydroxylation sites is 1. The second kappa shape index (κ2) is 4.58. The molecular formula is C15H17NO2. The fourth-order valence-corrected chi connectivity index (χ4v) is 2.62. The van der Waals surface area contributed by atoms with Crippen LogP contribution in [0.15, 0.2) is 39.5 Å². The van der Waals surface area contributed by atoms with Crippen LogP contribution in [-0.4, -0.2) is 25.0 Å². The first-order chi connectivity index (χ1) is 8.74. The molecular weight excluding hydrogens is 226 g/mol. The lowest BCUT2D eigenvalue weighted by molar-refractivity contribution is 0.241. The minimum Gasteiger partial charge on any atom is -0.461 e. The third-order valence-electron chi connectivity index (χ3n) is 3.77. The first-order valence-electron chi connectivity index (χ1n) is 6.45. The van der Waals surface area contributed by atoms with E-state index in [2.05, 4.69) is 11.9 Å². The zero-order chi connectivity index (χ0) is 12.5. The van der Waals surface area contributed by atoms with E-state index < -0.39 is 0 Å². The van der Waals surface area contributed by atoms with Crippen LogP contribution in [0.25, 0.3) is 11.0 Å². The Hall–Kier alpha value is -1.61. The van der Waals surface area contributed by atoms with Gasteiger partial charge in [0.2, 0.25) is 0 Å². The number of rotatable bonds is 1. The minimum absolute atomic E-state index is 0.0748. The van der Waals surface area contributed by atoms with Gasteiger partial charge < -0.3 is 9.32 Å². The molecule has 3 nitrogen and oxygen atoms in total. The highest BCUT2D eigenvalue weighted by molar-refractivity contribution is 5.76. The monoisotopic (exact) mass is 243 g/mol. The SMILES string of the molecule is CN1CCC(c2cc(=O)c3ccccc3o2)CC1. The van der Waals surface area contributed by atoms with Crippen LogP contribution in [0, 0.1) is 0 Å². The van der Waals surface area contributed by atoms with Gasteiger partial charge in [-0.25, -0.2) is 0 Å². The summed E-state index contributed by atoms with van der Waals surface area (Å²) >= 11 is 0. The normalized spacial score (nSPS) is 18.3. The number of hydrogen-bond donors (Lipinski definition) is 0. The molecule has 94 valence electrons. The Bertz CT molecular complexity index is 609. The molecule has 3 heteroatoms. The maximum Gasteiger partial charge on any atom is 0.192 e. The lowest BCUT2D eigenvalue weighted by atomic mass is 9.94. The first-order valence-corrected chi connectivity index (χ1v) is 6.45. The summed E-state index contributed by atoms with van der Waals surface area (Å²) in [7, 11) is 2.13. The van der Waals surface area contributed by atoms with Crippen molar-refractivity contribution < 1.29 is 4.42 Å². The molecule has 1 fully saturated rings. The van der Waals surface area contributed by atoms with Crippen LogP contribution in [0.5, 0.6) is 0 Å². The molecule has 0 N–H and O–H groups in total. The van der Waals surface area contributed by atoms with Crippen LogP contribution in [0.1, 0.15) is 24.5 Å². The molecule has 18 heavy (non-hydrogen) atoms. The molecule has 1 aromatic carbocycles. The van der Waals surface area contributed by atoms with Crippen molar-refractivity contribution in [1.29, 1.82) is 0 Å². The molecule has 0 radical (unpaired) electrons. The third kappa shape index (κ3) is 2.06. The molecule has 0 unspecified atom stereocenters. The molecule has 0 atom stereocenters. The number of likely N-dealkylation sites (tertiary alicyclic amines) is 1. The Kier molecular flexibility index (Phi) is 2.92.